The molecule has 3 rings (SSSR count). The van der Waals surface area contributed by atoms with Gasteiger partial charge in [0.05, 0.1) is 13.7 Å². The number of aryl methyl sites for hydroxylation is 3. The van der Waals surface area contributed by atoms with E-state index in [-0.39, 0.29) is 5.69 Å². The average Bonchev–Trinajstić information content (AvgIpc) is 2.84. The van der Waals surface area contributed by atoms with Gasteiger partial charge in [0.2, 0.25) is 0 Å². The highest BCUT2D eigenvalue weighted by molar-refractivity contribution is 5.65. The van der Waals surface area contributed by atoms with Crippen LogP contribution >= 0.6 is 0 Å². The first-order chi connectivity index (χ1) is 11.5. The van der Waals surface area contributed by atoms with Crippen molar-refractivity contribution in [1.82, 2.24) is 14.3 Å². The standard InChI is InChI=1S/C19H21N3O2/c1-13-6-5-7-15(10-13)16-9-8-14(2)17(11-16)12-22-18(24-4)20-21(3)19(22)23/h5-11H,12H2,1-4H3. The molecule has 0 aliphatic rings. The van der Waals surface area contributed by atoms with Crippen molar-refractivity contribution >= 4 is 0 Å². The number of rotatable bonds is 4. The third kappa shape index (κ3) is 2.97. The molecule has 5 heteroatoms. The van der Waals surface area contributed by atoms with Crippen LogP contribution in [0.2, 0.25) is 0 Å². The van der Waals surface area contributed by atoms with Crippen molar-refractivity contribution in [2.75, 3.05) is 7.11 Å². The van der Waals surface area contributed by atoms with Crippen molar-refractivity contribution in [3.05, 3.63) is 69.6 Å². The zero-order valence-electron chi connectivity index (χ0n) is 14.4. The smallest absolute Gasteiger partial charge is 0.348 e. The molecule has 0 radical (unpaired) electrons. The molecule has 0 saturated carbocycles. The summed E-state index contributed by atoms with van der Waals surface area (Å²) in [7, 11) is 3.14. The van der Waals surface area contributed by atoms with Gasteiger partial charge in [0.15, 0.2) is 0 Å². The summed E-state index contributed by atoms with van der Waals surface area (Å²) in [5, 5.41) is 4.09. The normalized spacial score (nSPS) is 10.8. The second-order valence-corrected chi connectivity index (χ2v) is 5.99. The van der Waals surface area contributed by atoms with Gasteiger partial charge in [-0.25, -0.2) is 14.0 Å². The minimum absolute atomic E-state index is 0.188. The topological polar surface area (TPSA) is 49.1 Å². The molecule has 1 heterocycles. The Kier molecular flexibility index (Phi) is 4.25. The molecule has 1 aromatic heterocycles. The first-order valence-electron chi connectivity index (χ1n) is 7.84. The Hall–Kier alpha value is -2.82. The van der Waals surface area contributed by atoms with Gasteiger partial charge in [-0.05, 0) is 42.2 Å². The van der Waals surface area contributed by atoms with Gasteiger partial charge in [-0.3, -0.25) is 0 Å². The third-order valence-electron chi connectivity index (χ3n) is 4.19. The van der Waals surface area contributed by atoms with E-state index >= 15 is 0 Å². The maximum absolute atomic E-state index is 12.2. The van der Waals surface area contributed by atoms with Crippen LogP contribution in [0.5, 0.6) is 6.01 Å². The van der Waals surface area contributed by atoms with Gasteiger partial charge in [0.1, 0.15) is 0 Å². The summed E-state index contributed by atoms with van der Waals surface area (Å²) in [6, 6.07) is 15.0. The van der Waals surface area contributed by atoms with E-state index in [2.05, 4.69) is 54.5 Å². The second-order valence-electron chi connectivity index (χ2n) is 5.99. The predicted octanol–water partition coefficient (Wildman–Crippen LogP) is 2.92. The molecule has 0 N–H and O–H groups in total. The monoisotopic (exact) mass is 323 g/mol. The highest BCUT2D eigenvalue weighted by Gasteiger charge is 2.13. The zero-order valence-corrected chi connectivity index (χ0v) is 14.4. The van der Waals surface area contributed by atoms with E-state index < -0.39 is 0 Å². The fourth-order valence-corrected chi connectivity index (χ4v) is 2.78. The van der Waals surface area contributed by atoms with Gasteiger partial charge in [-0.2, -0.15) is 0 Å². The summed E-state index contributed by atoms with van der Waals surface area (Å²) >= 11 is 0. The minimum atomic E-state index is -0.188. The van der Waals surface area contributed by atoms with Gasteiger partial charge < -0.3 is 4.74 Å². The van der Waals surface area contributed by atoms with Crippen LogP contribution in [-0.2, 0) is 13.6 Å². The Morgan fingerprint density at radius 3 is 2.54 bits per heavy atom. The van der Waals surface area contributed by atoms with Crippen LogP contribution in [0.4, 0.5) is 0 Å². The van der Waals surface area contributed by atoms with Crippen molar-refractivity contribution in [2.24, 2.45) is 7.05 Å². The van der Waals surface area contributed by atoms with E-state index in [0.717, 1.165) is 16.7 Å². The van der Waals surface area contributed by atoms with Crippen molar-refractivity contribution < 1.29 is 4.74 Å². The summed E-state index contributed by atoms with van der Waals surface area (Å²) in [4.78, 5) is 12.2. The van der Waals surface area contributed by atoms with Crippen LogP contribution in [0.15, 0.2) is 47.3 Å². The molecular formula is C19H21N3O2. The first kappa shape index (κ1) is 16.1. The highest BCUT2D eigenvalue weighted by Crippen LogP contribution is 2.24. The fourth-order valence-electron chi connectivity index (χ4n) is 2.78. The van der Waals surface area contributed by atoms with E-state index in [1.165, 1.54) is 22.9 Å². The Labute approximate surface area is 141 Å². The average molecular weight is 323 g/mol. The van der Waals surface area contributed by atoms with Gasteiger partial charge in [0.25, 0.3) is 0 Å². The third-order valence-corrected chi connectivity index (χ3v) is 4.19. The molecule has 0 aliphatic carbocycles. The van der Waals surface area contributed by atoms with Gasteiger partial charge in [-0.1, -0.05) is 42.0 Å². The predicted molar refractivity (Wildman–Crippen MR) is 94.5 cm³/mol. The molecule has 0 amide bonds. The maximum atomic E-state index is 12.2. The molecule has 124 valence electrons. The summed E-state index contributed by atoms with van der Waals surface area (Å²) in [6.45, 7) is 4.56. The van der Waals surface area contributed by atoms with Crippen LogP contribution in [0.25, 0.3) is 11.1 Å². The number of methoxy groups -OCH3 is 1. The van der Waals surface area contributed by atoms with E-state index in [4.69, 9.17) is 4.74 Å². The lowest BCUT2D eigenvalue weighted by atomic mass is 9.98. The number of nitrogens with zero attached hydrogens (tertiary/aromatic N) is 3. The summed E-state index contributed by atoms with van der Waals surface area (Å²) in [5.41, 5.74) is 5.54. The first-order valence-corrected chi connectivity index (χ1v) is 7.84. The quantitative estimate of drug-likeness (QED) is 0.742. The maximum Gasteiger partial charge on any atom is 0.348 e. The van der Waals surface area contributed by atoms with Crippen molar-refractivity contribution in [3.63, 3.8) is 0 Å². The SMILES string of the molecule is COc1nn(C)c(=O)n1Cc1cc(-c2cccc(C)c2)ccc1C. The van der Waals surface area contributed by atoms with Crippen LogP contribution < -0.4 is 10.4 Å². The molecule has 0 saturated heterocycles. The molecule has 0 spiro atoms. The van der Waals surface area contributed by atoms with Crippen molar-refractivity contribution in [3.8, 4) is 17.1 Å². The Morgan fingerprint density at radius 2 is 1.83 bits per heavy atom. The number of hydrogen-bond donors (Lipinski definition) is 0. The molecule has 0 aliphatic heterocycles. The Morgan fingerprint density at radius 1 is 1.08 bits per heavy atom. The van der Waals surface area contributed by atoms with Crippen LogP contribution in [0, 0.1) is 13.8 Å². The van der Waals surface area contributed by atoms with E-state index in [9.17, 15) is 4.79 Å². The number of aromatic nitrogens is 3. The number of ether oxygens (including phenoxy) is 1. The van der Waals surface area contributed by atoms with Crippen LogP contribution in [0.3, 0.4) is 0 Å². The van der Waals surface area contributed by atoms with Crippen molar-refractivity contribution in [1.29, 1.82) is 0 Å². The zero-order chi connectivity index (χ0) is 17.3. The number of hydrogen-bond acceptors (Lipinski definition) is 3. The van der Waals surface area contributed by atoms with E-state index in [0.29, 0.717) is 12.6 Å². The molecular weight excluding hydrogens is 302 g/mol. The lowest BCUT2D eigenvalue weighted by molar-refractivity contribution is 0.357. The van der Waals surface area contributed by atoms with Gasteiger partial charge >= 0.3 is 11.7 Å². The minimum Gasteiger partial charge on any atom is -0.467 e. The van der Waals surface area contributed by atoms with E-state index in [1.54, 1.807) is 11.6 Å². The van der Waals surface area contributed by atoms with Crippen molar-refractivity contribution in [2.45, 2.75) is 20.4 Å². The summed E-state index contributed by atoms with van der Waals surface area (Å²) in [5.74, 6) is 0. The van der Waals surface area contributed by atoms with Gasteiger partial charge in [0, 0.05) is 7.05 Å². The van der Waals surface area contributed by atoms with Crippen LogP contribution in [0.1, 0.15) is 16.7 Å². The summed E-state index contributed by atoms with van der Waals surface area (Å²) < 4.78 is 8.05. The lowest BCUT2D eigenvalue weighted by Crippen LogP contribution is -2.23. The lowest BCUT2D eigenvalue weighted by Gasteiger charge is -2.11. The fraction of sp³-hybridized carbons (Fsp3) is 0.263. The number of benzene rings is 2. The largest absolute Gasteiger partial charge is 0.467 e. The molecule has 0 unspecified atom stereocenters. The Balaban J connectivity index is 2.03. The summed E-state index contributed by atoms with van der Waals surface area (Å²) in [6.07, 6.45) is 0. The van der Waals surface area contributed by atoms with E-state index in [1.807, 2.05) is 6.92 Å². The molecule has 0 bridgehead atoms. The van der Waals surface area contributed by atoms with Crippen LogP contribution in [-0.4, -0.2) is 21.5 Å². The second kappa shape index (κ2) is 6.35. The molecule has 0 fully saturated rings. The molecule has 3 aromatic rings. The molecule has 2 aromatic carbocycles. The highest BCUT2D eigenvalue weighted by atomic mass is 16.5. The van der Waals surface area contributed by atoms with Gasteiger partial charge in [-0.15, -0.1) is 5.10 Å². The Bertz CT molecular complexity index is 938. The molecule has 0 atom stereocenters. The molecule has 5 nitrogen and oxygen atoms in total. The molecule has 24 heavy (non-hydrogen) atoms.